The van der Waals surface area contributed by atoms with Gasteiger partial charge in [0.2, 0.25) is 0 Å². The number of nitrogens with one attached hydrogen (secondary N) is 1. The van der Waals surface area contributed by atoms with E-state index >= 15 is 0 Å². The molecule has 0 radical (unpaired) electrons. The number of quaternary nitrogens is 1. The smallest absolute Gasteiger partial charge is 0.281 e. The van der Waals surface area contributed by atoms with Gasteiger partial charge in [-0.25, -0.2) is 0 Å². The molecule has 152 valence electrons. The number of carbonyl (C=O) groups excluding carboxylic acids is 1. The molecule has 1 aliphatic heterocycles. The van der Waals surface area contributed by atoms with Crippen LogP contribution in [-0.4, -0.2) is 87.4 Å². The van der Waals surface area contributed by atoms with Crippen LogP contribution in [0.3, 0.4) is 0 Å². The highest BCUT2D eigenvalue weighted by atomic mass is 32.2. The molecule has 1 aliphatic rings. The lowest BCUT2D eigenvalue weighted by Gasteiger charge is -2.33. The van der Waals surface area contributed by atoms with Gasteiger partial charge in [0.05, 0.1) is 26.2 Å². The summed E-state index contributed by atoms with van der Waals surface area (Å²) in [4.78, 5) is 12.8. The SMILES string of the molecule is CCC(=O)c1ccc(OC[C@H](O)C[NH+]2CCN(S(=O)(=O)N(C)C)CC2)cc1. The highest BCUT2D eigenvalue weighted by Crippen LogP contribution is 2.13. The molecule has 0 aromatic heterocycles. The molecule has 1 aromatic rings. The van der Waals surface area contributed by atoms with Gasteiger partial charge in [-0.05, 0) is 24.3 Å². The van der Waals surface area contributed by atoms with E-state index in [-0.39, 0.29) is 12.4 Å². The van der Waals surface area contributed by atoms with Gasteiger partial charge in [-0.15, -0.1) is 0 Å². The van der Waals surface area contributed by atoms with Crippen LogP contribution in [0.15, 0.2) is 24.3 Å². The second-order valence-corrected chi connectivity index (χ2v) is 9.05. The van der Waals surface area contributed by atoms with Gasteiger partial charge in [-0.1, -0.05) is 6.92 Å². The average molecular weight is 401 g/mol. The molecule has 0 saturated carbocycles. The van der Waals surface area contributed by atoms with E-state index in [4.69, 9.17) is 4.74 Å². The lowest BCUT2D eigenvalue weighted by Crippen LogP contribution is -3.16. The van der Waals surface area contributed by atoms with Gasteiger partial charge in [-0.2, -0.15) is 17.0 Å². The predicted octanol–water partition coefficient (Wildman–Crippen LogP) is -0.974. The van der Waals surface area contributed by atoms with E-state index in [1.54, 1.807) is 24.3 Å². The molecule has 1 saturated heterocycles. The van der Waals surface area contributed by atoms with Crippen LogP contribution in [0.25, 0.3) is 0 Å². The molecule has 1 heterocycles. The Labute approximate surface area is 161 Å². The second kappa shape index (κ2) is 9.61. The standard InChI is InChI=1S/C18H29N3O5S/c1-4-18(23)15-5-7-17(8-6-15)26-14-16(22)13-20-9-11-21(12-10-20)27(24,25)19(2)3/h5-8,16,22H,4,9-14H2,1-3H3/p+1/t16-/m1/s1. The van der Waals surface area contributed by atoms with Crippen LogP contribution in [0.4, 0.5) is 0 Å². The zero-order chi connectivity index (χ0) is 20.0. The number of ketones is 1. The third-order valence-corrected chi connectivity index (χ3v) is 6.62. The summed E-state index contributed by atoms with van der Waals surface area (Å²) in [7, 11) is -0.311. The maximum Gasteiger partial charge on any atom is 0.281 e. The number of hydrogen-bond acceptors (Lipinski definition) is 5. The zero-order valence-electron chi connectivity index (χ0n) is 16.2. The van der Waals surface area contributed by atoms with Crippen molar-refractivity contribution in [2.45, 2.75) is 19.4 Å². The maximum atomic E-state index is 12.1. The molecule has 0 amide bonds. The van der Waals surface area contributed by atoms with Crippen molar-refractivity contribution in [3.8, 4) is 5.75 Å². The highest BCUT2D eigenvalue weighted by molar-refractivity contribution is 7.86. The monoisotopic (exact) mass is 400 g/mol. The third kappa shape index (κ3) is 5.98. The zero-order valence-corrected chi connectivity index (χ0v) is 17.0. The topological polar surface area (TPSA) is 91.6 Å². The predicted molar refractivity (Wildman–Crippen MR) is 102 cm³/mol. The Morgan fingerprint density at radius 2 is 1.85 bits per heavy atom. The number of benzene rings is 1. The average Bonchev–Trinajstić information content (AvgIpc) is 2.66. The summed E-state index contributed by atoms with van der Waals surface area (Å²) in [5.41, 5.74) is 0.653. The van der Waals surface area contributed by atoms with Crippen LogP contribution in [0, 0.1) is 0 Å². The Kier molecular flexibility index (Phi) is 7.75. The van der Waals surface area contributed by atoms with Gasteiger partial charge in [0.25, 0.3) is 10.2 Å². The van der Waals surface area contributed by atoms with Crippen LogP contribution in [-0.2, 0) is 10.2 Å². The fourth-order valence-electron chi connectivity index (χ4n) is 2.99. The highest BCUT2D eigenvalue weighted by Gasteiger charge is 2.31. The fraction of sp³-hybridized carbons (Fsp3) is 0.611. The van der Waals surface area contributed by atoms with Crippen molar-refractivity contribution in [3.63, 3.8) is 0 Å². The molecular formula is C18H30N3O5S+. The van der Waals surface area contributed by atoms with Crippen molar-refractivity contribution in [2.75, 3.05) is 53.4 Å². The molecule has 2 rings (SSSR count). The van der Waals surface area contributed by atoms with E-state index in [1.165, 1.54) is 22.7 Å². The van der Waals surface area contributed by atoms with E-state index in [0.717, 1.165) is 4.90 Å². The first-order chi connectivity index (χ1) is 12.7. The quantitative estimate of drug-likeness (QED) is 0.520. The number of hydrogen-bond donors (Lipinski definition) is 2. The molecule has 27 heavy (non-hydrogen) atoms. The minimum atomic E-state index is -3.37. The number of aliphatic hydroxyl groups is 1. The van der Waals surface area contributed by atoms with Crippen molar-refractivity contribution in [3.05, 3.63) is 29.8 Å². The van der Waals surface area contributed by atoms with Crippen LogP contribution in [0.5, 0.6) is 5.75 Å². The first-order valence-corrected chi connectivity index (χ1v) is 10.6. The molecule has 0 aliphatic carbocycles. The molecule has 0 bridgehead atoms. The van der Waals surface area contributed by atoms with Crippen molar-refractivity contribution < 1.29 is 28.0 Å². The van der Waals surface area contributed by atoms with Crippen molar-refractivity contribution in [2.24, 2.45) is 0 Å². The Balaban J connectivity index is 1.75. The Hall–Kier alpha value is -1.52. The molecular weight excluding hydrogens is 370 g/mol. The summed E-state index contributed by atoms with van der Waals surface area (Å²) in [6.45, 7) is 4.66. The minimum absolute atomic E-state index is 0.0839. The molecule has 1 aromatic carbocycles. The number of Topliss-reactive ketones (excluding diaryl/α,β-unsaturated/α-hetero) is 1. The van der Waals surface area contributed by atoms with Crippen molar-refractivity contribution >= 4 is 16.0 Å². The van der Waals surface area contributed by atoms with Gasteiger partial charge in [0.1, 0.15) is 25.0 Å². The molecule has 2 N–H and O–H groups in total. The Morgan fingerprint density at radius 1 is 1.26 bits per heavy atom. The van der Waals surface area contributed by atoms with E-state index in [9.17, 15) is 18.3 Å². The van der Waals surface area contributed by atoms with Gasteiger partial charge >= 0.3 is 0 Å². The number of ether oxygens (including phenoxy) is 1. The first kappa shape index (κ1) is 21.8. The number of aliphatic hydroxyl groups excluding tert-OH is 1. The molecule has 9 heteroatoms. The minimum Gasteiger partial charge on any atom is -0.491 e. The van der Waals surface area contributed by atoms with Crippen LogP contribution in [0.1, 0.15) is 23.7 Å². The van der Waals surface area contributed by atoms with Gasteiger partial charge < -0.3 is 14.7 Å². The number of nitrogens with zero attached hydrogens (tertiary/aromatic N) is 2. The fourth-order valence-corrected chi connectivity index (χ4v) is 4.10. The van der Waals surface area contributed by atoms with E-state index < -0.39 is 16.3 Å². The Morgan fingerprint density at radius 3 is 2.37 bits per heavy atom. The van der Waals surface area contributed by atoms with Gasteiger partial charge in [-0.3, -0.25) is 4.79 Å². The van der Waals surface area contributed by atoms with E-state index in [2.05, 4.69) is 0 Å². The van der Waals surface area contributed by atoms with Crippen molar-refractivity contribution in [1.29, 1.82) is 0 Å². The van der Waals surface area contributed by atoms with E-state index in [1.807, 2.05) is 6.92 Å². The Bertz CT molecular complexity index is 713. The summed E-state index contributed by atoms with van der Waals surface area (Å²) in [6.07, 6.45) is -0.181. The summed E-state index contributed by atoms with van der Waals surface area (Å²) >= 11 is 0. The summed E-state index contributed by atoms with van der Waals surface area (Å²) in [6, 6.07) is 6.91. The maximum absolute atomic E-state index is 12.1. The number of carbonyl (C=O) groups is 1. The first-order valence-electron chi connectivity index (χ1n) is 9.19. The molecule has 1 atom stereocenters. The summed E-state index contributed by atoms with van der Waals surface area (Å²) < 4.78 is 32.5. The summed E-state index contributed by atoms with van der Waals surface area (Å²) in [5, 5.41) is 10.2. The molecule has 1 fully saturated rings. The van der Waals surface area contributed by atoms with Gasteiger partial charge in [0, 0.05) is 26.1 Å². The van der Waals surface area contributed by atoms with Gasteiger partial charge in [0.15, 0.2) is 5.78 Å². The van der Waals surface area contributed by atoms with Crippen LogP contribution >= 0.6 is 0 Å². The molecule has 0 spiro atoms. The third-order valence-electron chi connectivity index (χ3n) is 4.68. The number of piperazine rings is 1. The normalized spacial score (nSPS) is 17.8. The lowest BCUT2D eigenvalue weighted by atomic mass is 10.1. The van der Waals surface area contributed by atoms with Crippen LogP contribution < -0.4 is 9.64 Å². The largest absolute Gasteiger partial charge is 0.491 e. The van der Waals surface area contributed by atoms with Crippen molar-refractivity contribution in [1.82, 2.24) is 8.61 Å². The van der Waals surface area contributed by atoms with E-state index in [0.29, 0.717) is 50.5 Å². The molecule has 0 unspecified atom stereocenters. The second-order valence-electron chi connectivity index (χ2n) is 6.91. The lowest BCUT2D eigenvalue weighted by molar-refractivity contribution is -0.906. The number of rotatable bonds is 9. The molecule has 8 nitrogen and oxygen atoms in total. The summed E-state index contributed by atoms with van der Waals surface area (Å²) in [5.74, 6) is 0.694. The van der Waals surface area contributed by atoms with Crippen LogP contribution in [0.2, 0.25) is 0 Å².